The summed E-state index contributed by atoms with van der Waals surface area (Å²) in [6, 6.07) is 16.2. The normalized spacial score (nSPS) is 16.8. The Morgan fingerprint density at radius 3 is 2.62 bits per heavy atom. The van der Waals surface area contributed by atoms with E-state index in [0.717, 1.165) is 17.0 Å². The molecule has 0 aliphatic rings. The fourth-order valence-corrected chi connectivity index (χ4v) is 4.10. The van der Waals surface area contributed by atoms with Crippen LogP contribution in [0.3, 0.4) is 0 Å². The van der Waals surface area contributed by atoms with Crippen molar-refractivity contribution in [3.63, 3.8) is 0 Å². The molecule has 3 nitrogen and oxygen atoms in total. The number of furan rings is 1. The first-order valence-corrected chi connectivity index (χ1v) is 10.9. The van der Waals surface area contributed by atoms with Gasteiger partial charge in [0.05, 0.1) is 18.7 Å². The van der Waals surface area contributed by atoms with Gasteiger partial charge in [0, 0.05) is 33.5 Å². The number of hydrogen-bond acceptors (Lipinski definition) is 3. The van der Waals surface area contributed by atoms with Crippen LogP contribution in [0.25, 0.3) is 44.3 Å². The van der Waals surface area contributed by atoms with Crippen LogP contribution in [0.2, 0.25) is 0 Å². The van der Waals surface area contributed by atoms with Crippen LogP contribution in [0.15, 0.2) is 71.3 Å². The van der Waals surface area contributed by atoms with Gasteiger partial charge in [-0.25, -0.2) is 0 Å². The van der Waals surface area contributed by atoms with Crippen molar-refractivity contribution in [2.75, 3.05) is 0 Å². The molecule has 5 rings (SSSR count). The highest BCUT2D eigenvalue weighted by molar-refractivity contribution is 6.09. The standard InChI is InChI=1S/C31H28N2O/c1-19-13-21(16-31(3,4)5)9-11-23(19)27-15-28(33-18-20(27)2)26-8-6-7-25-24-12-10-22(17-32)14-29(24)34-30(25)26/h6-15,18H,16H2,1-5H3/i1D3,2D3,11D,16D2. The summed E-state index contributed by atoms with van der Waals surface area (Å²) in [6.45, 7) is -0.442. The number of para-hydroxylation sites is 1. The summed E-state index contributed by atoms with van der Waals surface area (Å²) in [7, 11) is 0. The molecule has 2 heterocycles. The number of aromatic nitrogens is 1. The average Bonchev–Trinajstić information content (AvgIpc) is 3.28. The van der Waals surface area contributed by atoms with Crippen molar-refractivity contribution in [2.45, 2.75) is 40.8 Å². The third-order valence-electron chi connectivity index (χ3n) is 5.54. The third kappa shape index (κ3) is 3.97. The maximum absolute atomic E-state index is 9.31. The molecule has 5 aromatic rings. The quantitative estimate of drug-likeness (QED) is 0.275. The van der Waals surface area contributed by atoms with Crippen LogP contribution in [-0.4, -0.2) is 4.98 Å². The van der Waals surface area contributed by atoms with Gasteiger partial charge < -0.3 is 4.42 Å². The van der Waals surface area contributed by atoms with Gasteiger partial charge in [0.1, 0.15) is 11.2 Å². The molecule has 0 spiro atoms. The van der Waals surface area contributed by atoms with E-state index < -0.39 is 25.5 Å². The van der Waals surface area contributed by atoms with E-state index in [1.54, 1.807) is 51.1 Å². The third-order valence-corrected chi connectivity index (χ3v) is 5.54. The highest BCUT2D eigenvalue weighted by Crippen LogP contribution is 2.37. The molecule has 0 bridgehead atoms. The molecule has 0 radical (unpaired) electrons. The number of benzene rings is 3. The number of pyridine rings is 1. The first kappa shape index (κ1) is 13.7. The Morgan fingerprint density at radius 1 is 1.00 bits per heavy atom. The number of nitrogens with zero attached hydrogens (tertiary/aromatic N) is 2. The van der Waals surface area contributed by atoms with Crippen LogP contribution >= 0.6 is 0 Å². The zero-order chi connectivity index (χ0) is 31.7. The Kier molecular flexibility index (Phi) is 3.29. The predicted molar refractivity (Wildman–Crippen MR) is 140 cm³/mol. The highest BCUT2D eigenvalue weighted by Gasteiger charge is 2.16. The monoisotopic (exact) mass is 453 g/mol. The lowest BCUT2D eigenvalue weighted by Crippen LogP contribution is -2.09. The summed E-state index contributed by atoms with van der Waals surface area (Å²) in [5.41, 5.74) is 0.567. The summed E-state index contributed by atoms with van der Waals surface area (Å²) in [4.78, 5) is 4.43. The van der Waals surface area contributed by atoms with Gasteiger partial charge in [0.15, 0.2) is 0 Å². The second-order valence-corrected chi connectivity index (χ2v) is 9.27. The van der Waals surface area contributed by atoms with Crippen LogP contribution in [-0.2, 0) is 6.37 Å². The Morgan fingerprint density at radius 2 is 1.85 bits per heavy atom. The van der Waals surface area contributed by atoms with Gasteiger partial charge in [-0.05, 0) is 83.6 Å². The minimum atomic E-state index is -2.79. The van der Waals surface area contributed by atoms with Gasteiger partial charge in [0.25, 0.3) is 0 Å². The highest BCUT2D eigenvalue weighted by atomic mass is 16.3. The molecule has 0 aliphatic heterocycles. The summed E-state index contributed by atoms with van der Waals surface area (Å²) < 4.78 is 81.9. The van der Waals surface area contributed by atoms with Crippen LogP contribution in [0.1, 0.15) is 55.4 Å². The molecular formula is C31H28N2O. The first-order valence-electron chi connectivity index (χ1n) is 15.4. The number of fused-ring (bicyclic) bond motifs is 3. The predicted octanol–water partition coefficient (Wildman–Crippen LogP) is 8.39. The van der Waals surface area contributed by atoms with E-state index in [1.165, 1.54) is 18.2 Å². The minimum absolute atomic E-state index is 0.0103. The van der Waals surface area contributed by atoms with Gasteiger partial charge in [-0.1, -0.05) is 51.1 Å². The molecule has 0 aliphatic carbocycles. The van der Waals surface area contributed by atoms with E-state index in [4.69, 9.17) is 16.8 Å². The lowest BCUT2D eigenvalue weighted by atomic mass is 9.86. The molecule has 3 aromatic carbocycles. The van der Waals surface area contributed by atoms with E-state index in [-0.39, 0.29) is 39.6 Å². The van der Waals surface area contributed by atoms with Crippen molar-refractivity contribution >= 4 is 21.9 Å². The molecule has 0 N–H and O–H groups in total. The largest absolute Gasteiger partial charge is 0.455 e. The van der Waals surface area contributed by atoms with Crippen LogP contribution in [0, 0.1) is 30.4 Å². The molecule has 0 fully saturated rings. The van der Waals surface area contributed by atoms with E-state index in [0.29, 0.717) is 22.3 Å². The van der Waals surface area contributed by atoms with Gasteiger partial charge in [-0.3, -0.25) is 4.98 Å². The molecular weight excluding hydrogens is 416 g/mol. The molecule has 0 atom stereocenters. The Hall–Kier alpha value is -3.90. The van der Waals surface area contributed by atoms with Crippen LogP contribution < -0.4 is 0 Å². The first-order chi connectivity index (χ1) is 19.8. The smallest absolute Gasteiger partial charge is 0.144 e. The Labute approximate surface area is 213 Å². The van der Waals surface area contributed by atoms with Gasteiger partial charge in [-0.15, -0.1) is 0 Å². The maximum atomic E-state index is 9.31. The van der Waals surface area contributed by atoms with E-state index >= 15 is 0 Å². The van der Waals surface area contributed by atoms with E-state index in [1.807, 2.05) is 6.07 Å². The molecule has 0 amide bonds. The lowest BCUT2D eigenvalue weighted by molar-refractivity contribution is 0.411. The zero-order valence-corrected chi connectivity index (χ0v) is 19.1. The lowest BCUT2D eigenvalue weighted by Gasteiger charge is -2.19. The average molecular weight is 454 g/mol. The molecule has 168 valence electrons. The van der Waals surface area contributed by atoms with E-state index in [2.05, 4.69) is 11.1 Å². The van der Waals surface area contributed by atoms with Crippen molar-refractivity contribution in [3.8, 4) is 28.5 Å². The number of aryl methyl sites for hydroxylation is 2. The van der Waals surface area contributed by atoms with Crippen molar-refractivity contribution < 1.29 is 16.8 Å². The zero-order valence-electron chi connectivity index (χ0n) is 28.1. The topological polar surface area (TPSA) is 49.8 Å². The Bertz CT molecular complexity index is 1940. The molecule has 0 saturated carbocycles. The summed E-state index contributed by atoms with van der Waals surface area (Å²) >= 11 is 0. The van der Waals surface area contributed by atoms with Crippen LogP contribution in [0.5, 0.6) is 0 Å². The van der Waals surface area contributed by atoms with Crippen LogP contribution in [0.4, 0.5) is 0 Å². The van der Waals surface area contributed by atoms with Crippen molar-refractivity contribution in [1.82, 2.24) is 4.98 Å². The van der Waals surface area contributed by atoms with Crippen molar-refractivity contribution in [2.24, 2.45) is 5.41 Å². The minimum Gasteiger partial charge on any atom is -0.455 e. The number of hydrogen-bond donors (Lipinski definition) is 0. The molecule has 34 heavy (non-hydrogen) atoms. The van der Waals surface area contributed by atoms with Gasteiger partial charge in [-0.2, -0.15) is 5.26 Å². The fraction of sp³-hybridized carbons (Fsp3) is 0.226. The second-order valence-electron chi connectivity index (χ2n) is 9.27. The second kappa shape index (κ2) is 8.15. The summed E-state index contributed by atoms with van der Waals surface area (Å²) in [6.07, 6.45) is -0.821. The summed E-state index contributed by atoms with van der Waals surface area (Å²) in [5.74, 6) is 0. The SMILES string of the molecule is [2H]c1cc(C([2H])([2H])C(C)(C)C)cc(C([2H])([2H])[2H])c1-c1cc(-c2cccc3c2oc2cc(C#N)ccc23)ncc1C([2H])([2H])[2H]. The Balaban J connectivity index is 1.82. The molecule has 3 heteroatoms. The number of rotatable bonds is 3. The van der Waals surface area contributed by atoms with Gasteiger partial charge >= 0.3 is 0 Å². The fourth-order valence-electron chi connectivity index (χ4n) is 4.10. The molecule has 2 aromatic heterocycles. The number of nitriles is 1. The molecule has 0 saturated heterocycles. The van der Waals surface area contributed by atoms with Crippen molar-refractivity contribution in [1.29, 1.82) is 5.26 Å². The molecule has 0 unspecified atom stereocenters. The van der Waals surface area contributed by atoms with Gasteiger partial charge in [0.2, 0.25) is 0 Å². The van der Waals surface area contributed by atoms with Crippen molar-refractivity contribution in [3.05, 3.63) is 89.1 Å². The maximum Gasteiger partial charge on any atom is 0.144 e. The summed E-state index contributed by atoms with van der Waals surface area (Å²) in [5, 5.41) is 10.8. The van der Waals surface area contributed by atoms with E-state index in [9.17, 15) is 5.26 Å².